The van der Waals surface area contributed by atoms with Crippen LogP contribution in [0.25, 0.3) is 0 Å². The number of halogens is 1. The third-order valence-corrected chi connectivity index (χ3v) is 2.51. The molecule has 14 heavy (non-hydrogen) atoms. The lowest BCUT2D eigenvalue weighted by atomic mass is 10.1. The van der Waals surface area contributed by atoms with Crippen molar-refractivity contribution in [2.24, 2.45) is 11.7 Å². The van der Waals surface area contributed by atoms with Gasteiger partial charge in [0.2, 0.25) is 5.95 Å². The van der Waals surface area contributed by atoms with E-state index in [9.17, 15) is 4.39 Å². The van der Waals surface area contributed by atoms with E-state index < -0.39 is 5.82 Å². The number of nitrogens with two attached hydrogens (primary N) is 1. The SMILES string of the molecule is NC[C@H]1CCN(c2ncc(F)cn2)C1. The van der Waals surface area contributed by atoms with Gasteiger partial charge in [-0.05, 0) is 18.9 Å². The number of hydrogen-bond donors (Lipinski definition) is 1. The molecule has 0 saturated carbocycles. The van der Waals surface area contributed by atoms with Gasteiger partial charge < -0.3 is 10.6 Å². The smallest absolute Gasteiger partial charge is 0.225 e. The Morgan fingerprint density at radius 2 is 2.21 bits per heavy atom. The van der Waals surface area contributed by atoms with Crippen LogP contribution in [0.2, 0.25) is 0 Å². The molecule has 0 amide bonds. The number of nitrogens with zero attached hydrogens (tertiary/aromatic N) is 3. The van der Waals surface area contributed by atoms with Crippen LogP contribution in [0.5, 0.6) is 0 Å². The van der Waals surface area contributed by atoms with E-state index in [1.54, 1.807) is 0 Å². The Balaban J connectivity index is 2.06. The van der Waals surface area contributed by atoms with Crippen molar-refractivity contribution in [1.29, 1.82) is 0 Å². The summed E-state index contributed by atoms with van der Waals surface area (Å²) >= 11 is 0. The Bertz CT molecular complexity index is 300. The number of aromatic nitrogens is 2. The van der Waals surface area contributed by atoms with Gasteiger partial charge in [-0.15, -0.1) is 0 Å². The monoisotopic (exact) mass is 196 g/mol. The van der Waals surface area contributed by atoms with Gasteiger partial charge >= 0.3 is 0 Å². The minimum Gasteiger partial charge on any atom is -0.340 e. The predicted octanol–water partition coefficient (Wildman–Crippen LogP) is 0.401. The van der Waals surface area contributed by atoms with Crippen LogP contribution in [0, 0.1) is 11.7 Å². The highest BCUT2D eigenvalue weighted by Crippen LogP contribution is 2.19. The Morgan fingerprint density at radius 3 is 2.79 bits per heavy atom. The Hall–Kier alpha value is -1.23. The zero-order valence-corrected chi connectivity index (χ0v) is 7.86. The summed E-state index contributed by atoms with van der Waals surface area (Å²) in [4.78, 5) is 9.89. The lowest BCUT2D eigenvalue weighted by Gasteiger charge is -2.15. The van der Waals surface area contributed by atoms with Crippen LogP contribution in [0.4, 0.5) is 10.3 Å². The number of hydrogen-bond acceptors (Lipinski definition) is 4. The molecule has 4 nitrogen and oxygen atoms in total. The molecular formula is C9H13FN4. The van der Waals surface area contributed by atoms with Gasteiger partial charge in [0, 0.05) is 13.1 Å². The maximum absolute atomic E-state index is 12.6. The van der Waals surface area contributed by atoms with Crippen molar-refractivity contribution in [2.75, 3.05) is 24.5 Å². The van der Waals surface area contributed by atoms with E-state index in [0.717, 1.165) is 19.5 Å². The van der Waals surface area contributed by atoms with Crippen molar-refractivity contribution in [1.82, 2.24) is 9.97 Å². The largest absolute Gasteiger partial charge is 0.340 e. The van der Waals surface area contributed by atoms with E-state index in [0.29, 0.717) is 18.4 Å². The molecule has 0 bridgehead atoms. The maximum atomic E-state index is 12.6. The molecule has 5 heteroatoms. The summed E-state index contributed by atoms with van der Waals surface area (Å²) in [5.74, 6) is 0.717. The first kappa shape index (κ1) is 9.33. The molecule has 1 saturated heterocycles. The second-order valence-corrected chi connectivity index (χ2v) is 3.54. The first-order valence-electron chi connectivity index (χ1n) is 4.72. The molecule has 2 rings (SSSR count). The summed E-state index contributed by atoms with van der Waals surface area (Å²) in [6.07, 6.45) is 3.45. The third-order valence-electron chi connectivity index (χ3n) is 2.51. The fourth-order valence-electron chi connectivity index (χ4n) is 1.68. The Kier molecular flexibility index (Phi) is 2.58. The van der Waals surface area contributed by atoms with Gasteiger partial charge in [0.05, 0.1) is 12.4 Å². The third kappa shape index (κ3) is 1.82. The highest BCUT2D eigenvalue weighted by atomic mass is 19.1. The van der Waals surface area contributed by atoms with Gasteiger partial charge in [0.25, 0.3) is 0 Å². The second kappa shape index (κ2) is 3.88. The van der Waals surface area contributed by atoms with Gasteiger partial charge in [0.15, 0.2) is 5.82 Å². The summed E-state index contributed by atoms with van der Waals surface area (Å²) in [5, 5.41) is 0. The molecular weight excluding hydrogens is 183 g/mol. The molecule has 1 fully saturated rings. The standard InChI is InChI=1S/C9H13FN4/c10-8-4-12-9(13-5-8)14-2-1-7(3-11)6-14/h4-5,7H,1-3,6,11H2/t7-/m1/s1. The molecule has 2 heterocycles. The van der Waals surface area contributed by atoms with Crippen LogP contribution in [-0.4, -0.2) is 29.6 Å². The van der Waals surface area contributed by atoms with Crippen molar-refractivity contribution in [3.05, 3.63) is 18.2 Å². The van der Waals surface area contributed by atoms with E-state index in [1.165, 1.54) is 12.4 Å². The molecule has 1 aromatic heterocycles. The molecule has 1 aliphatic heterocycles. The van der Waals surface area contributed by atoms with Crippen LogP contribution in [0.3, 0.4) is 0 Å². The predicted molar refractivity (Wildman–Crippen MR) is 51.4 cm³/mol. The van der Waals surface area contributed by atoms with Gasteiger partial charge in [0.1, 0.15) is 0 Å². The van der Waals surface area contributed by atoms with Crippen LogP contribution in [-0.2, 0) is 0 Å². The summed E-state index contributed by atoms with van der Waals surface area (Å²) in [7, 11) is 0. The van der Waals surface area contributed by atoms with E-state index in [1.807, 2.05) is 4.90 Å². The lowest BCUT2D eigenvalue weighted by molar-refractivity contribution is 0.599. The quantitative estimate of drug-likeness (QED) is 0.744. The topological polar surface area (TPSA) is 55.0 Å². The van der Waals surface area contributed by atoms with Crippen molar-refractivity contribution in [2.45, 2.75) is 6.42 Å². The molecule has 0 aliphatic carbocycles. The van der Waals surface area contributed by atoms with Crippen LogP contribution >= 0.6 is 0 Å². The summed E-state index contributed by atoms with van der Waals surface area (Å²) in [6.45, 7) is 2.48. The van der Waals surface area contributed by atoms with Crippen molar-refractivity contribution >= 4 is 5.95 Å². The van der Waals surface area contributed by atoms with E-state index in [-0.39, 0.29) is 0 Å². The van der Waals surface area contributed by atoms with Gasteiger partial charge in [-0.3, -0.25) is 0 Å². The molecule has 1 aromatic rings. The summed E-state index contributed by atoms with van der Waals surface area (Å²) < 4.78 is 12.6. The Labute approximate surface area is 82.0 Å². The number of anilines is 1. The highest BCUT2D eigenvalue weighted by Gasteiger charge is 2.22. The van der Waals surface area contributed by atoms with E-state index in [2.05, 4.69) is 9.97 Å². The first-order chi connectivity index (χ1) is 6.79. The molecule has 0 spiro atoms. The zero-order valence-electron chi connectivity index (χ0n) is 7.86. The average Bonchev–Trinajstić information content (AvgIpc) is 2.67. The molecule has 0 radical (unpaired) electrons. The minimum atomic E-state index is -0.400. The maximum Gasteiger partial charge on any atom is 0.225 e. The van der Waals surface area contributed by atoms with E-state index in [4.69, 9.17) is 5.73 Å². The fraction of sp³-hybridized carbons (Fsp3) is 0.556. The Morgan fingerprint density at radius 1 is 1.50 bits per heavy atom. The summed E-state index contributed by atoms with van der Waals surface area (Å²) in [6, 6.07) is 0. The summed E-state index contributed by atoms with van der Waals surface area (Å²) in [5.41, 5.74) is 5.57. The van der Waals surface area contributed by atoms with Crippen molar-refractivity contribution in [3.8, 4) is 0 Å². The molecule has 1 aliphatic rings. The lowest BCUT2D eigenvalue weighted by Crippen LogP contribution is -2.24. The van der Waals surface area contributed by atoms with Crippen LogP contribution in [0.1, 0.15) is 6.42 Å². The van der Waals surface area contributed by atoms with Crippen LogP contribution in [0.15, 0.2) is 12.4 Å². The molecule has 0 unspecified atom stereocenters. The minimum absolute atomic E-state index is 0.400. The van der Waals surface area contributed by atoms with Crippen molar-refractivity contribution in [3.63, 3.8) is 0 Å². The molecule has 2 N–H and O–H groups in total. The van der Waals surface area contributed by atoms with Gasteiger partial charge in [-0.25, -0.2) is 14.4 Å². The van der Waals surface area contributed by atoms with Gasteiger partial charge in [-0.2, -0.15) is 0 Å². The van der Waals surface area contributed by atoms with E-state index >= 15 is 0 Å². The number of rotatable bonds is 2. The first-order valence-corrected chi connectivity index (χ1v) is 4.72. The second-order valence-electron chi connectivity index (χ2n) is 3.54. The normalized spacial score (nSPS) is 21.6. The van der Waals surface area contributed by atoms with Crippen molar-refractivity contribution < 1.29 is 4.39 Å². The average molecular weight is 196 g/mol. The fourth-order valence-corrected chi connectivity index (χ4v) is 1.68. The highest BCUT2D eigenvalue weighted by molar-refractivity contribution is 5.30. The zero-order chi connectivity index (χ0) is 9.97. The van der Waals surface area contributed by atoms with Crippen LogP contribution < -0.4 is 10.6 Å². The molecule has 76 valence electrons. The molecule has 0 aromatic carbocycles. The van der Waals surface area contributed by atoms with Gasteiger partial charge in [-0.1, -0.05) is 0 Å². The molecule has 1 atom stereocenters.